The molecule has 6 nitrogen and oxygen atoms in total. The molecule has 2 heterocycles. The lowest BCUT2D eigenvalue weighted by Gasteiger charge is -2.17. The predicted octanol–water partition coefficient (Wildman–Crippen LogP) is -1.00. The van der Waals surface area contributed by atoms with Crippen molar-refractivity contribution in [1.29, 1.82) is 0 Å². The summed E-state index contributed by atoms with van der Waals surface area (Å²) in [5.41, 5.74) is 0. The number of amides is 2. The average Bonchev–Trinajstić information content (AvgIpc) is 2.81. The molecule has 2 aliphatic rings. The molecule has 0 unspecified atom stereocenters. The first-order valence-corrected chi connectivity index (χ1v) is 5.29. The van der Waals surface area contributed by atoms with Gasteiger partial charge in [-0.15, -0.1) is 6.58 Å². The molecule has 0 aromatic rings. The number of carbonyl (C=O) groups excluding carboxylic acids is 1. The Hall–Kier alpha value is -1.11. The van der Waals surface area contributed by atoms with Crippen molar-refractivity contribution in [2.24, 2.45) is 0 Å². The van der Waals surface area contributed by atoms with Crippen molar-refractivity contribution in [3.05, 3.63) is 12.7 Å². The molecule has 90 valence electrons. The summed E-state index contributed by atoms with van der Waals surface area (Å²) in [6.45, 7) is 4.55. The van der Waals surface area contributed by atoms with E-state index >= 15 is 0 Å². The Morgan fingerprint density at radius 2 is 2.19 bits per heavy atom. The van der Waals surface area contributed by atoms with Crippen LogP contribution in [0.25, 0.3) is 0 Å². The largest absolute Gasteiger partial charge is 0.388 e. The fraction of sp³-hybridized carbons (Fsp3) is 0.700. The van der Waals surface area contributed by atoms with E-state index in [1.807, 2.05) is 0 Å². The van der Waals surface area contributed by atoms with Crippen molar-refractivity contribution >= 4 is 6.03 Å². The van der Waals surface area contributed by atoms with Crippen molar-refractivity contribution < 1.29 is 19.4 Å². The second-order valence-electron chi connectivity index (χ2n) is 3.91. The van der Waals surface area contributed by atoms with Crippen LogP contribution < -0.4 is 10.6 Å². The summed E-state index contributed by atoms with van der Waals surface area (Å²) in [6, 6.07) is -0.480. The van der Waals surface area contributed by atoms with Crippen LogP contribution in [0.1, 0.15) is 0 Å². The van der Waals surface area contributed by atoms with E-state index < -0.39 is 6.10 Å². The maximum absolute atomic E-state index is 11.4. The molecular formula is C10H16N2O4. The van der Waals surface area contributed by atoms with Crippen LogP contribution in [0, 0.1) is 0 Å². The van der Waals surface area contributed by atoms with Crippen LogP contribution >= 0.6 is 0 Å². The summed E-state index contributed by atoms with van der Waals surface area (Å²) in [4.78, 5) is 11.4. The molecule has 0 bridgehead atoms. The van der Waals surface area contributed by atoms with Gasteiger partial charge in [-0.1, -0.05) is 6.08 Å². The Labute approximate surface area is 93.6 Å². The topological polar surface area (TPSA) is 79.8 Å². The predicted molar refractivity (Wildman–Crippen MR) is 56.0 cm³/mol. The Balaban J connectivity index is 1.83. The number of ether oxygens (including phenoxy) is 2. The molecule has 2 aliphatic heterocycles. The molecule has 2 fully saturated rings. The van der Waals surface area contributed by atoms with Gasteiger partial charge >= 0.3 is 6.03 Å². The minimum absolute atomic E-state index is 0.202. The third-order valence-corrected chi connectivity index (χ3v) is 2.75. The lowest BCUT2D eigenvalue weighted by Crippen LogP contribution is -2.48. The Kier molecular flexibility index (Phi) is 3.42. The highest BCUT2D eigenvalue weighted by Gasteiger charge is 2.47. The molecule has 0 aliphatic carbocycles. The molecule has 2 rings (SSSR count). The van der Waals surface area contributed by atoms with Gasteiger partial charge in [-0.25, -0.2) is 4.79 Å². The molecule has 6 heteroatoms. The number of hydrogen-bond donors (Lipinski definition) is 3. The highest BCUT2D eigenvalue weighted by atomic mass is 16.6. The molecule has 0 saturated carbocycles. The first kappa shape index (κ1) is 11.4. The fourth-order valence-electron chi connectivity index (χ4n) is 1.99. The van der Waals surface area contributed by atoms with Gasteiger partial charge in [-0.3, -0.25) is 0 Å². The number of rotatable bonds is 3. The highest BCUT2D eigenvalue weighted by molar-refractivity contribution is 5.74. The lowest BCUT2D eigenvalue weighted by molar-refractivity contribution is 0.0179. The third-order valence-electron chi connectivity index (χ3n) is 2.75. The number of urea groups is 1. The Morgan fingerprint density at radius 1 is 1.44 bits per heavy atom. The summed E-state index contributed by atoms with van der Waals surface area (Å²) in [7, 11) is 0. The van der Waals surface area contributed by atoms with E-state index in [1.54, 1.807) is 6.08 Å². The van der Waals surface area contributed by atoms with Gasteiger partial charge in [0.15, 0.2) is 0 Å². The van der Waals surface area contributed by atoms with Gasteiger partial charge in [0, 0.05) is 6.54 Å². The lowest BCUT2D eigenvalue weighted by atomic mass is 10.1. The highest BCUT2D eigenvalue weighted by Crippen LogP contribution is 2.26. The quantitative estimate of drug-likeness (QED) is 0.541. The van der Waals surface area contributed by atoms with Crippen LogP contribution in [0.15, 0.2) is 12.7 Å². The SMILES string of the molecule is C=CCNC(=O)N[C@H]1CO[C@H]2[C@@H]1OC[C@H]2O. The van der Waals surface area contributed by atoms with Crippen molar-refractivity contribution in [3.8, 4) is 0 Å². The van der Waals surface area contributed by atoms with Gasteiger partial charge in [0.2, 0.25) is 0 Å². The molecule has 16 heavy (non-hydrogen) atoms. The molecule has 2 amide bonds. The maximum Gasteiger partial charge on any atom is 0.315 e. The normalized spacial score (nSPS) is 36.8. The summed E-state index contributed by atoms with van der Waals surface area (Å²) >= 11 is 0. The average molecular weight is 228 g/mol. The smallest absolute Gasteiger partial charge is 0.315 e. The monoisotopic (exact) mass is 228 g/mol. The summed E-state index contributed by atoms with van der Waals surface area (Å²) in [5.74, 6) is 0. The van der Waals surface area contributed by atoms with Crippen LogP contribution in [-0.2, 0) is 9.47 Å². The second-order valence-corrected chi connectivity index (χ2v) is 3.91. The third kappa shape index (κ3) is 2.18. The zero-order valence-corrected chi connectivity index (χ0v) is 8.89. The van der Waals surface area contributed by atoms with Crippen molar-refractivity contribution in [1.82, 2.24) is 10.6 Å². The van der Waals surface area contributed by atoms with Crippen molar-refractivity contribution in [2.45, 2.75) is 24.4 Å². The molecule has 2 saturated heterocycles. The van der Waals surface area contributed by atoms with Gasteiger partial charge in [-0.05, 0) is 0 Å². The fourth-order valence-corrected chi connectivity index (χ4v) is 1.99. The van der Waals surface area contributed by atoms with Gasteiger partial charge < -0.3 is 25.2 Å². The number of carbonyl (C=O) groups is 1. The van der Waals surface area contributed by atoms with Gasteiger partial charge in [0.05, 0.1) is 19.3 Å². The number of aliphatic hydroxyl groups excluding tert-OH is 1. The Bertz CT molecular complexity index is 284. The van der Waals surface area contributed by atoms with E-state index in [4.69, 9.17) is 9.47 Å². The van der Waals surface area contributed by atoms with Crippen LogP contribution in [0.5, 0.6) is 0 Å². The van der Waals surface area contributed by atoms with E-state index in [9.17, 15) is 9.90 Å². The van der Waals surface area contributed by atoms with Crippen LogP contribution in [0.3, 0.4) is 0 Å². The summed E-state index contributed by atoms with van der Waals surface area (Å²) in [6.07, 6.45) is 0.450. The van der Waals surface area contributed by atoms with Crippen molar-refractivity contribution in [2.75, 3.05) is 19.8 Å². The maximum atomic E-state index is 11.4. The zero-order chi connectivity index (χ0) is 11.5. The van der Waals surface area contributed by atoms with E-state index in [2.05, 4.69) is 17.2 Å². The first-order valence-electron chi connectivity index (χ1n) is 5.29. The molecule has 0 aromatic heterocycles. The van der Waals surface area contributed by atoms with Crippen LogP contribution in [0.2, 0.25) is 0 Å². The molecular weight excluding hydrogens is 212 g/mol. The van der Waals surface area contributed by atoms with E-state index in [1.165, 1.54) is 0 Å². The van der Waals surface area contributed by atoms with Crippen LogP contribution in [0.4, 0.5) is 4.79 Å². The molecule has 4 atom stereocenters. The molecule has 3 N–H and O–H groups in total. The van der Waals surface area contributed by atoms with E-state index in [0.29, 0.717) is 13.2 Å². The van der Waals surface area contributed by atoms with Crippen molar-refractivity contribution in [3.63, 3.8) is 0 Å². The Morgan fingerprint density at radius 3 is 2.94 bits per heavy atom. The minimum Gasteiger partial charge on any atom is -0.388 e. The van der Waals surface area contributed by atoms with Gasteiger partial charge in [-0.2, -0.15) is 0 Å². The summed E-state index contributed by atoms with van der Waals surface area (Å²) in [5, 5.41) is 14.9. The number of fused-ring (bicyclic) bond motifs is 1. The summed E-state index contributed by atoms with van der Waals surface area (Å²) < 4.78 is 10.7. The zero-order valence-electron chi connectivity index (χ0n) is 8.89. The van der Waals surface area contributed by atoms with E-state index in [0.717, 1.165) is 0 Å². The number of hydrogen-bond acceptors (Lipinski definition) is 4. The van der Waals surface area contributed by atoms with Gasteiger partial charge in [0.1, 0.15) is 18.3 Å². The number of nitrogens with one attached hydrogen (secondary N) is 2. The minimum atomic E-state index is -0.590. The van der Waals surface area contributed by atoms with Crippen LogP contribution in [-0.4, -0.2) is 55.2 Å². The first-order chi connectivity index (χ1) is 7.72. The molecule has 0 radical (unpaired) electrons. The standard InChI is InChI=1S/C10H16N2O4/c1-2-3-11-10(14)12-6-4-15-9-7(13)5-16-8(6)9/h2,6-9,13H,1,3-5H2,(H2,11,12,14)/t6-,7+,8+,9+/m0/s1. The molecule has 0 spiro atoms. The molecule has 0 aromatic carbocycles. The number of aliphatic hydroxyl groups is 1. The second kappa shape index (κ2) is 4.82. The van der Waals surface area contributed by atoms with E-state index in [-0.39, 0.29) is 30.9 Å². The van der Waals surface area contributed by atoms with Gasteiger partial charge in [0.25, 0.3) is 0 Å².